The van der Waals surface area contributed by atoms with Crippen LogP contribution in [-0.2, 0) is 6.42 Å². The van der Waals surface area contributed by atoms with Gasteiger partial charge in [0.15, 0.2) is 0 Å². The Kier molecular flexibility index (Phi) is 6.84. The van der Waals surface area contributed by atoms with Crippen LogP contribution in [0.4, 0.5) is 4.79 Å². The van der Waals surface area contributed by atoms with E-state index in [9.17, 15) is 9.90 Å². The minimum absolute atomic E-state index is 0.102. The fraction of sp³-hybridized carbons (Fsp3) is 0.389. The molecule has 0 saturated carbocycles. The van der Waals surface area contributed by atoms with Gasteiger partial charge in [0.05, 0.1) is 12.8 Å². The average Bonchev–Trinajstić information content (AvgIpc) is 3.11. The molecule has 0 aliphatic heterocycles. The van der Waals surface area contributed by atoms with Crippen LogP contribution in [0.2, 0.25) is 0 Å². The topological polar surface area (TPSA) is 77.7 Å². The lowest BCUT2D eigenvalue weighted by Crippen LogP contribution is -2.45. The van der Waals surface area contributed by atoms with Crippen molar-refractivity contribution in [1.82, 2.24) is 15.5 Å². The first-order valence-electron chi connectivity index (χ1n) is 7.99. The third kappa shape index (κ3) is 5.72. The monoisotopic (exact) mass is 331 g/mol. The minimum atomic E-state index is -0.847. The van der Waals surface area contributed by atoms with E-state index in [0.29, 0.717) is 12.3 Å². The van der Waals surface area contributed by atoms with Gasteiger partial charge in [-0.15, -0.1) is 0 Å². The van der Waals surface area contributed by atoms with Crippen LogP contribution in [0, 0.1) is 0 Å². The number of hydrogen-bond donors (Lipinski definition) is 3. The van der Waals surface area contributed by atoms with E-state index < -0.39 is 6.10 Å². The Balaban J connectivity index is 1.75. The number of benzene rings is 1. The molecule has 1 aromatic heterocycles. The van der Waals surface area contributed by atoms with Crippen molar-refractivity contribution >= 4 is 6.03 Å². The Morgan fingerprint density at radius 3 is 2.46 bits per heavy atom. The number of rotatable bonds is 8. The Hall–Kier alpha value is -2.31. The average molecular weight is 331 g/mol. The Morgan fingerprint density at radius 1 is 1.12 bits per heavy atom. The summed E-state index contributed by atoms with van der Waals surface area (Å²) >= 11 is 0. The van der Waals surface area contributed by atoms with Crippen molar-refractivity contribution in [3.63, 3.8) is 0 Å². The van der Waals surface area contributed by atoms with Crippen LogP contribution < -0.4 is 10.6 Å². The predicted molar refractivity (Wildman–Crippen MR) is 92.7 cm³/mol. The van der Waals surface area contributed by atoms with Crippen molar-refractivity contribution in [2.45, 2.75) is 18.6 Å². The molecule has 130 valence electrons. The number of urea groups is 1. The Labute approximate surface area is 142 Å². The maximum atomic E-state index is 11.9. The minimum Gasteiger partial charge on any atom is -0.467 e. The molecule has 0 bridgehead atoms. The summed E-state index contributed by atoms with van der Waals surface area (Å²) in [5, 5.41) is 15.4. The summed E-state index contributed by atoms with van der Waals surface area (Å²) in [7, 11) is 3.99. The van der Waals surface area contributed by atoms with E-state index in [1.54, 1.807) is 12.1 Å². The van der Waals surface area contributed by atoms with Crippen molar-refractivity contribution in [2.75, 3.05) is 27.2 Å². The number of hydrogen-bond acceptors (Lipinski definition) is 4. The van der Waals surface area contributed by atoms with Crippen LogP contribution in [0.1, 0.15) is 17.4 Å². The molecule has 3 N–H and O–H groups in total. The van der Waals surface area contributed by atoms with Gasteiger partial charge in [-0.3, -0.25) is 0 Å². The fourth-order valence-electron chi connectivity index (χ4n) is 2.37. The Morgan fingerprint density at radius 2 is 1.83 bits per heavy atom. The largest absolute Gasteiger partial charge is 0.467 e. The highest BCUT2D eigenvalue weighted by atomic mass is 16.4. The van der Waals surface area contributed by atoms with Crippen LogP contribution in [0.5, 0.6) is 0 Å². The van der Waals surface area contributed by atoms with Crippen molar-refractivity contribution < 1.29 is 14.3 Å². The molecule has 2 aromatic rings. The summed E-state index contributed by atoms with van der Waals surface area (Å²) in [5.41, 5.74) is 1.23. The van der Waals surface area contributed by atoms with Crippen LogP contribution >= 0.6 is 0 Å². The number of aliphatic hydroxyl groups is 1. The molecule has 24 heavy (non-hydrogen) atoms. The third-order valence-corrected chi connectivity index (χ3v) is 3.87. The number of nitrogens with zero attached hydrogens (tertiary/aromatic N) is 1. The lowest BCUT2D eigenvalue weighted by molar-refractivity contribution is 0.147. The van der Waals surface area contributed by atoms with Crippen molar-refractivity contribution in [3.05, 3.63) is 60.1 Å². The first-order valence-corrected chi connectivity index (χ1v) is 7.99. The molecule has 2 rings (SSSR count). The van der Waals surface area contributed by atoms with Gasteiger partial charge in [0.1, 0.15) is 11.9 Å². The number of carbonyl (C=O) groups is 1. The molecular weight excluding hydrogens is 306 g/mol. The second kappa shape index (κ2) is 9.10. The highest BCUT2D eigenvalue weighted by molar-refractivity contribution is 5.73. The van der Waals surface area contributed by atoms with Gasteiger partial charge in [-0.1, -0.05) is 30.3 Å². The summed E-state index contributed by atoms with van der Waals surface area (Å²) in [4.78, 5) is 14.0. The summed E-state index contributed by atoms with van der Waals surface area (Å²) in [6, 6.07) is 13.4. The number of amides is 2. The zero-order chi connectivity index (χ0) is 17.4. The number of furan rings is 1. The SMILES string of the molecule is CN(C)C(CNC(=O)NCC(O)c1ccco1)Cc1ccccc1. The Bertz CT molecular complexity index is 599. The molecule has 2 atom stereocenters. The molecule has 0 spiro atoms. The lowest BCUT2D eigenvalue weighted by atomic mass is 10.1. The molecule has 2 unspecified atom stereocenters. The second-order valence-corrected chi connectivity index (χ2v) is 5.93. The fourth-order valence-corrected chi connectivity index (χ4v) is 2.37. The number of nitrogens with one attached hydrogen (secondary N) is 2. The van der Waals surface area contributed by atoms with E-state index in [1.165, 1.54) is 11.8 Å². The molecule has 0 aliphatic rings. The van der Waals surface area contributed by atoms with Gasteiger partial charge < -0.3 is 25.1 Å². The smallest absolute Gasteiger partial charge is 0.314 e. The number of aliphatic hydroxyl groups excluding tert-OH is 1. The molecule has 1 heterocycles. The molecule has 6 heteroatoms. The molecule has 0 aliphatic carbocycles. The highest BCUT2D eigenvalue weighted by Gasteiger charge is 2.15. The molecule has 6 nitrogen and oxygen atoms in total. The van der Waals surface area contributed by atoms with Gasteiger partial charge in [-0.25, -0.2) is 4.79 Å². The van der Waals surface area contributed by atoms with Crippen molar-refractivity contribution in [3.8, 4) is 0 Å². The van der Waals surface area contributed by atoms with Crippen LogP contribution in [0.25, 0.3) is 0 Å². The number of carbonyl (C=O) groups excluding carboxylic acids is 1. The van der Waals surface area contributed by atoms with Gasteiger partial charge in [0.2, 0.25) is 0 Å². The maximum absolute atomic E-state index is 11.9. The third-order valence-electron chi connectivity index (χ3n) is 3.87. The van der Waals surface area contributed by atoms with Crippen LogP contribution in [-0.4, -0.2) is 49.3 Å². The first-order chi connectivity index (χ1) is 11.6. The molecule has 0 saturated heterocycles. The number of likely N-dealkylation sites (N-methyl/N-ethyl adjacent to an activating group) is 1. The zero-order valence-corrected chi connectivity index (χ0v) is 14.1. The predicted octanol–water partition coefficient (Wildman–Crippen LogP) is 1.79. The van der Waals surface area contributed by atoms with Crippen LogP contribution in [0.3, 0.4) is 0 Å². The lowest BCUT2D eigenvalue weighted by Gasteiger charge is -2.25. The van der Waals surface area contributed by atoms with Gasteiger partial charge in [0, 0.05) is 12.6 Å². The molecule has 2 amide bonds. The molecular formula is C18H25N3O3. The van der Waals surface area contributed by atoms with Crippen molar-refractivity contribution in [1.29, 1.82) is 0 Å². The van der Waals surface area contributed by atoms with Gasteiger partial charge >= 0.3 is 6.03 Å². The molecule has 0 fully saturated rings. The van der Waals surface area contributed by atoms with E-state index >= 15 is 0 Å². The van der Waals surface area contributed by atoms with E-state index in [2.05, 4.69) is 27.7 Å². The van der Waals surface area contributed by atoms with E-state index in [4.69, 9.17) is 4.42 Å². The second-order valence-electron chi connectivity index (χ2n) is 5.93. The van der Waals surface area contributed by atoms with E-state index in [1.807, 2.05) is 32.3 Å². The highest BCUT2D eigenvalue weighted by Crippen LogP contribution is 2.11. The van der Waals surface area contributed by atoms with Gasteiger partial charge in [-0.05, 0) is 38.2 Å². The molecule has 0 radical (unpaired) electrons. The first kappa shape index (κ1) is 18.0. The normalized spacial score (nSPS) is 13.5. The molecule has 1 aromatic carbocycles. The van der Waals surface area contributed by atoms with Crippen LogP contribution in [0.15, 0.2) is 53.1 Å². The van der Waals surface area contributed by atoms with Crippen molar-refractivity contribution in [2.24, 2.45) is 0 Å². The zero-order valence-electron chi connectivity index (χ0n) is 14.1. The summed E-state index contributed by atoms with van der Waals surface area (Å²) < 4.78 is 5.10. The van der Waals surface area contributed by atoms with Gasteiger partial charge in [0.25, 0.3) is 0 Å². The standard InChI is InChI=1S/C18H25N3O3/c1-21(2)15(11-14-7-4-3-5-8-14)12-19-18(23)20-13-16(22)17-9-6-10-24-17/h3-10,15-16,22H,11-13H2,1-2H3,(H2,19,20,23). The quantitative estimate of drug-likeness (QED) is 0.689. The summed E-state index contributed by atoms with van der Waals surface area (Å²) in [6.07, 6.45) is 1.49. The summed E-state index contributed by atoms with van der Waals surface area (Å²) in [6.45, 7) is 0.620. The van der Waals surface area contributed by atoms with E-state index in [0.717, 1.165) is 6.42 Å². The van der Waals surface area contributed by atoms with E-state index in [-0.39, 0.29) is 18.6 Å². The maximum Gasteiger partial charge on any atom is 0.314 e. The summed E-state index contributed by atoms with van der Waals surface area (Å²) in [5.74, 6) is 0.436. The van der Waals surface area contributed by atoms with Gasteiger partial charge in [-0.2, -0.15) is 0 Å².